The Morgan fingerprint density at radius 1 is 1.24 bits per heavy atom. The summed E-state index contributed by atoms with van der Waals surface area (Å²) in [7, 11) is 1.99. The van der Waals surface area contributed by atoms with E-state index in [-0.39, 0.29) is 6.04 Å². The summed E-state index contributed by atoms with van der Waals surface area (Å²) in [6.07, 6.45) is 2.94. The number of rotatable bonds is 7. The highest BCUT2D eigenvalue weighted by molar-refractivity contribution is 5.29. The van der Waals surface area contributed by atoms with Crippen LogP contribution in [0.15, 0.2) is 30.6 Å². The smallest absolute Gasteiger partial charge is 0.119 e. The molecule has 1 atom stereocenters. The van der Waals surface area contributed by atoms with E-state index in [0.717, 1.165) is 31.0 Å². The highest BCUT2D eigenvalue weighted by Gasteiger charge is 2.12. The quantitative estimate of drug-likeness (QED) is 0.849. The molecule has 0 amide bonds. The lowest BCUT2D eigenvalue weighted by molar-refractivity contribution is 0.317. The van der Waals surface area contributed by atoms with Crippen LogP contribution < -0.4 is 10.1 Å². The van der Waals surface area contributed by atoms with Gasteiger partial charge in [0.1, 0.15) is 5.75 Å². The number of aryl methyl sites for hydroxylation is 1. The fourth-order valence-corrected chi connectivity index (χ4v) is 2.30. The first-order chi connectivity index (χ1) is 10.2. The number of hydrogen-bond acceptors (Lipinski definition) is 3. The van der Waals surface area contributed by atoms with Crippen LogP contribution in [0.5, 0.6) is 5.75 Å². The molecule has 4 heteroatoms. The van der Waals surface area contributed by atoms with Crippen LogP contribution in [0.1, 0.15) is 36.3 Å². The molecule has 0 spiro atoms. The number of likely N-dealkylation sites (N-methyl/N-ethyl adjacent to an activating group) is 1. The van der Waals surface area contributed by atoms with Crippen molar-refractivity contribution < 1.29 is 4.74 Å². The maximum atomic E-state index is 5.63. The minimum Gasteiger partial charge on any atom is -0.494 e. The van der Waals surface area contributed by atoms with Gasteiger partial charge in [-0.2, -0.15) is 0 Å². The van der Waals surface area contributed by atoms with Crippen LogP contribution in [0.3, 0.4) is 0 Å². The van der Waals surface area contributed by atoms with Gasteiger partial charge in [-0.15, -0.1) is 0 Å². The van der Waals surface area contributed by atoms with Crippen molar-refractivity contribution in [1.29, 1.82) is 0 Å². The molecule has 2 aromatic rings. The molecule has 0 fully saturated rings. The van der Waals surface area contributed by atoms with Crippen molar-refractivity contribution in [2.75, 3.05) is 13.7 Å². The predicted molar refractivity (Wildman–Crippen MR) is 85.7 cm³/mol. The van der Waals surface area contributed by atoms with Gasteiger partial charge in [-0.05, 0) is 45.0 Å². The Bertz CT molecular complexity index is 560. The molecule has 0 aliphatic heterocycles. The number of imidazole rings is 1. The van der Waals surface area contributed by atoms with Crippen LogP contribution in [-0.2, 0) is 6.54 Å². The lowest BCUT2D eigenvalue weighted by Gasteiger charge is -2.19. The monoisotopic (exact) mass is 287 g/mol. The van der Waals surface area contributed by atoms with Crippen LogP contribution >= 0.6 is 0 Å². The second-order valence-corrected chi connectivity index (χ2v) is 5.33. The number of benzene rings is 1. The van der Waals surface area contributed by atoms with E-state index < -0.39 is 0 Å². The molecule has 0 radical (unpaired) electrons. The van der Waals surface area contributed by atoms with E-state index in [0.29, 0.717) is 0 Å². The van der Waals surface area contributed by atoms with E-state index in [1.165, 1.54) is 11.3 Å². The number of ether oxygens (including phenoxy) is 1. The van der Waals surface area contributed by atoms with E-state index in [2.05, 4.69) is 40.8 Å². The summed E-state index contributed by atoms with van der Waals surface area (Å²) in [5, 5.41) is 3.38. The zero-order chi connectivity index (χ0) is 15.2. The highest BCUT2D eigenvalue weighted by Crippen LogP contribution is 2.20. The summed E-state index contributed by atoms with van der Waals surface area (Å²) in [4.78, 5) is 4.36. The Morgan fingerprint density at radius 3 is 2.48 bits per heavy atom. The fourth-order valence-electron chi connectivity index (χ4n) is 2.30. The fraction of sp³-hybridized carbons (Fsp3) is 0.471. The molecule has 0 saturated carbocycles. The zero-order valence-electron chi connectivity index (χ0n) is 13.4. The van der Waals surface area contributed by atoms with Gasteiger partial charge in [-0.3, -0.25) is 0 Å². The van der Waals surface area contributed by atoms with Crippen molar-refractivity contribution in [2.45, 2.75) is 39.8 Å². The van der Waals surface area contributed by atoms with Crippen LogP contribution in [0, 0.1) is 13.8 Å². The molecule has 21 heavy (non-hydrogen) atoms. The van der Waals surface area contributed by atoms with Gasteiger partial charge >= 0.3 is 0 Å². The topological polar surface area (TPSA) is 39.1 Å². The second-order valence-electron chi connectivity index (χ2n) is 5.33. The lowest BCUT2D eigenvalue weighted by atomic mass is 10.1. The van der Waals surface area contributed by atoms with Crippen LogP contribution in [0.25, 0.3) is 0 Å². The molecular formula is C17H25N3O. The summed E-state index contributed by atoms with van der Waals surface area (Å²) in [5.74, 6) is 0.935. The Labute approximate surface area is 127 Å². The Kier molecular flexibility index (Phi) is 5.39. The Morgan fingerprint density at radius 2 is 1.95 bits per heavy atom. The third-order valence-electron chi connectivity index (χ3n) is 3.83. The molecule has 1 N–H and O–H groups in total. The van der Waals surface area contributed by atoms with Crippen LogP contribution in [-0.4, -0.2) is 23.2 Å². The van der Waals surface area contributed by atoms with Gasteiger partial charge in [0.15, 0.2) is 0 Å². The van der Waals surface area contributed by atoms with Gasteiger partial charge in [0, 0.05) is 18.3 Å². The van der Waals surface area contributed by atoms with Gasteiger partial charge in [-0.1, -0.05) is 19.1 Å². The molecule has 0 aliphatic carbocycles. The molecule has 1 heterocycles. The van der Waals surface area contributed by atoms with E-state index in [4.69, 9.17) is 4.74 Å². The van der Waals surface area contributed by atoms with Crippen molar-refractivity contribution in [3.8, 4) is 5.75 Å². The van der Waals surface area contributed by atoms with Crippen molar-refractivity contribution >= 4 is 0 Å². The summed E-state index contributed by atoms with van der Waals surface area (Å²) in [6, 6.07) is 8.61. The van der Waals surface area contributed by atoms with E-state index in [1.54, 1.807) is 0 Å². The summed E-state index contributed by atoms with van der Waals surface area (Å²) < 4.78 is 7.82. The molecule has 1 unspecified atom stereocenters. The summed E-state index contributed by atoms with van der Waals surface area (Å²) in [6.45, 7) is 7.90. The predicted octanol–water partition coefficient (Wildman–Crippen LogP) is 3.25. The molecule has 2 rings (SSSR count). The zero-order valence-corrected chi connectivity index (χ0v) is 13.4. The molecule has 1 aromatic heterocycles. The van der Waals surface area contributed by atoms with Gasteiger partial charge in [-0.25, -0.2) is 4.98 Å². The van der Waals surface area contributed by atoms with Gasteiger partial charge in [0.05, 0.1) is 18.6 Å². The first kappa shape index (κ1) is 15.6. The summed E-state index contributed by atoms with van der Waals surface area (Å²) in [5.41, 5.74) is 3.57. The van der Waals surface area contributed by atoms with Crippen molar-refractivity contribution in [3.63, 3.8) is 0 Å². The second kappa shape index (κ2) is 7.27. The lowest BCUT2D eigenvalue weighted by Crippen LogP contribution is -2.22. The first-order valence-electron chi connectivity index (χ1n) is 7.54. The van der Waals surface area contributed by atoms with Gasteiger partial charge < -0.3 is 14.6 Å². The molecule has 114 valence electrons. The van der Waals surface area contributed by atoms with Crippen LogP contribution in [0.2, 0.25) is 0 Å². The molecule has 4 nitrogen and oxygen atoms in total. The molecular weight excluding hydrogens is 262 g/mol. The van der Waals surface area contributed by atoms with E-state index >= 15 is 0 Å². The van der Waals surface area contributed by atoms with Crippen molar-refractivity contribution in [3.05, 3.63) is 47.5 Å². The minimum atomic E-state index is 0.262. The maximum Gasteiger partial charge on any atom is 0.119 e. The average molecular weight is 287 g/mol. The number of aromatic nitrogens is 2. The number of nitrogens with zero attached hydrogens (tertiary/aromatic N) is 2. The van der Waals surface area contributed by atoms with E-state index in [1.807, 2.05) is 32.4 Å². The number of hydrogen-bond donors (Lipinski definition) is 1. The normalized spacial score (nSPS) is 12.4. The van der Waals surface area contributed by atoms with Crippen LogP contribution in [0.4, 0.5) is 0 Å². The molecule has 1 aromatic carbocycles. The SMILES string of the molecule is CCCOc1ccc(C(Cn2cnc(C)c2C)NC)cc1. The third-order valence-corrected chi connectivity index (χ3v) is 3.83. The van der Waals surface area contributed by atoms with Gasteiger partial charge in [0.2, 0.25) is 0 Å². The third kappa shape index (κ3) is 3.85. The Hall–Kier alpha value is -1.81. The highest BCUT2D eigenvalue weighted by atomic mass is 16.5. The standard InChI is InChI=1S/C17H25N3O/c1-5-10-21-16-8-6-15(7-9-16)17(18-4)11-20-12-19-13(2)14(20)3/h6-9,12,17-18H,5,10-11H2,1-4H3. The summed E-state index contributed by atoms with van der Waals surface area (Å²) >= 11 is 0. The largest absolute Gasteiger partial charge is 0.494 e. The molecule has 0 saturated heterocycles. The molecule has 0 bridgehead atoms. The number of nitrogens with one attached hydrogen (secondary N) is 1. The van der Waals surface area contributed by atoms with Crippen molar-refractivity contribution in [2.24, 2.45) is 0 Å². The molecule has 0 aliphatic rings. The maximum absolute atomic E-state index is 5.63. The average Bonchev–Trinajstić information content (AvgIpc) is 2.83. The van der Waals surface area contributed by atoms with E-state index in [9.17, 15) is 0 Å². The van der Waals surface area contributed by atoms with Crippen molar-refractivity contribution in [1.82, 2.24) is 14.9 Å². The Balaban J connectivity index is 2.08. The minimum absolute atomic E-state index is 0.262. The first-order valence-corrected chi connectivity index (χ1v) is 7.54. The van der Waals surface area contributed by atoms with Gasteiger partial charge in [0.25, 0.3) is 0 Å².